The molecular formula is C19H24N2OS. The van der Waals surface area contributed by atoms with E-state index in [4.69, 9.17) is 0 Å². The van der Waals surface area contributed by atoms with Crippen molar-refractivity contribution < 1.29 is 4.79 Å². The molecule has 0 saturated heterocycles. The Morgan fingerprint density at radius 1 is 1.22 bits per heavy atom. The molecule has 3 nitrogen and oxygen atoms in total. The molecule has 1 atom stereocenters. The van der Waals surface area contributed by atoms with Gasteiger partial charge in [0.25, 0.3) is 0 Å². The number of rotatable bonds is 6. The Morgan fingerprint density at radius 2 is 1.96 bits per heavy atom. The summed E-state index contributed by atoms with van der Waals surface area (Å²) in [6, 6.07) is 14.8. The second kappa shape index (κ2) is 7.75. The van der Waals surface area contributed by atoms with Crippen molar-refractivity contribution in [3.63, 3.8) is 0 Å². The molecule has 1 aromatic heterocycles. The summed E-state index contributed by atoms with van der Waals surface area (Å²) in [6.07, 6.45) is 5.02. The van der Waals surface area contributed by atoms with Gasteiger partial charge in [-0.3, -0.25) is 9.69 Å². The van der Waals surface area contributed by atoms with Crippen LogP contribution in [-0.4, -0.2) is 30.4 Å². The van der Waals surface area contributed by atoms with Crippen LogP contribution in [0.5, 0.6) is 0 Å². The Bertz CT molecular complexity index is 606. The Balaban J connectivity index is 1.67. The number of benzene rings is 1. The van der Waals surface area contributed by atoms with Crippen molar-refractivity contribution in [2.45, 2.75) is 37.8 Å². The molecule has 1 amide bonds. The molecule has 0 bridgehead atoms. The Morgan fingerprint density at radius 3 is 2.61 bits per heavy atom. The molecule has 0 radical (unpaired) electrons. The number of hydrogen-bond donors (Lipinski definition) is 1. The summed E-state index contributed by atoms with van der Waals surface area (Å²) in [5.74, 6) is 0.0988. The van der Waals surface area contributed by atoms with Crippen LogP contribution in [0.25, 0.3) is 0 Å². The summed E-state index contributed by atoms with van der Waals surface area (Å²) >= 11 is 1.68. The molecule has 1 fully saturated rings. The van der Waals surface area contributed by atoms with Crippen LogP contribution in [0, 0.1) is 0 Å². The van der Waals surface area contributed by atoms with Crippen molar-refractivity contribution >= 4 is 17.2 Å². The second-order valence-electron chi connectivity index (χ2n) is 6.28. The summed E-state index contributed by atoms with van der Waals surface area (Å²) in [7, 11) is 2.07. The number of amides is 1. The number of likely N-dealkylation sites (N-methyl/N-ethyl adjacent to an activating group) is 1. The first-order valence-corrected chi connectivity index (χ1v) is 9.20. The van der Waals surface area contributed by atoms with Gasteiger partial charge in [-0.1, -0.05) is 49.2 Å². The maximum absolute atomic E-state index is 12.5. The van der Waals surface area contributed by atoms with Crippen molar-refractivity contribution in [3.8, 4) is 0 Å². The summed E-state index contributed by atoms with van der Waals surface area (Å²) in [4.78, 5) is 15.9. The van der Waals surface area contributed by atoms with Crippen LogP contribution in [0.4, 0.5) is 0 Å². The highest BCUT2D eigenvalue weighted by Crippen LogP contribution is 2.26. The number of nitrogens with one attached hydrogen (secondary N) is 1. The van der Waals surface area contributed by atoms with Gasteiger partial charge in [0, 0.05) is 10.9 Å². The van der Waals surface area contributed by atoms with Gasteiger partial charge in [0.2, 0.25) is 5.91 Å². The van der Waals surface area contributed by atoms with Gasteiger partial charge in [-0.05, 0) is 36.9 Å². The molecule has 23 heavy (non-hydrogen) atoms. The third-order valence-electron chi connectivity index (χ3n) is 4.61. The molecule has 0 unspecified atom stereocenters. The molecule has 0 spiro atoms. The number of carbonyl (C=O) groups is 1. The van der Waals surface area contributed by atoms with E-state index < -0.39 is 0 Å². The molecule has 2 aromatic rings. The smallest absolute Gasteiger partial charge is 0.234 e. The molecule has 1 heterocycles. The molecule has 1 saturated carbocycles. The summed E-state index contributed by atoms with van der Waals surface area (Å²) in [5.41, 5.74) is 1.13. The number of thiophene rings is 1. The lowest BCUT2D eigenvalue weighted by Crippen LogP contribution is -2.41. The zero-order valence-electron chi connectivity index (χ0n) is 13.6. The number of hydrogen-bond acceptors (Lipinski definition) is 3. The zero-order valence-corrected chi connectivity index (χ0v) is 14.4. The van der Waals surface area contributed by atoms with Crippen molar-refractivity contribution in [1.82, 2.24) is 10.2 Å². The quantitative estimate of drug-likeness (QED) is 0.874. The van der Waals surface area contributed by atoms with Crippen molar-refractivity contribution in [3.05, 3.63) is 58.3 Å². The largest absolute Gasteiger partial charge is 0.343 e. The summed E-state index contributed by atoms with van der Waals surface area (Å²) < 4.78 is 0. The first-order chi connectivity index (χ1) is 11.2. The van der Waals surface area contributed by atoms with E-state index in [2.05, 4.69) is 40.8 Å². The van der Waals surface area contributed by atoms with E-state index in [1.54, 1.807) is 11.3 Å². The fourth-order valence-corrected chi connectivity index (χ4v) is 4.13. The molecule has 0 aliphatic heterocycles. The zero-order chi connectivity index (χ0) is 16.1. The Kier molecular flexibility index (Phi) is 5.47. The normalized spacial score (nSPS) is 16.6. The van der Waals surface area contributed by atoms with E-state index in [0.29, 0.717) is 12.6 Å². The van der Waals surface area contributed by atoms with E-state index >= 15 is 0 Å². The third kappa shape index (κ3) is 4.21. The SMILES string of the molecule is CN(CC(=O)N[C@@H](c1ccccc1)c1cccs1)C1CCCC1. The summed E-state index contributed by atoms with van der Waals surface area (Å²) in [6.45, 7) is 0.472. The number of nitrogens with zero attached hydrogens (tertiary/aromatic N) is 1. The maximum atomic E-state index is 12.5. The number of carbonyl (C=O) groups excluding carboxylic acids is 1. The van der Waals surface area contributed by atoms with Gasteiger partial charge in [-0.25, -0.2) is 0 Å². The predicted molar refractivity (Wildman–Crippen MR) is 95.6 cm³/mol. The van der Waals surface area contributed by atoms with Gasteiger partial charge in [0.05, 0.1) is 12.6 Å². The monoisotopic (exact) mass is 328 g/mol. The van der Waals surface area contributed by atoms with Crippen LogP contribution in [0.1, 0.15) is 42.2 Å². The van der Waals surface area contributed by atoms with E-state index in [1.165, 1.54) is 30.6 Å². The van der Waals surface area contributed by atoms with Crippen LogP contribution >= 0.6 is 11.3 Å². The van der Waals surface area contributed by atoms with Crippen LogP contribution < -0.4 is 5.32 Å². The molecule has 1 aliphatic rings. The fourth-order valence-electron chi connectivity index (χ4n) is 3.33. The Labute approximate surface area is 142 Å². The molecule has 1 aromatic carbocycles. The minimum absolute atomic E-state index is 0.0549. The minimum Gasteiger partial charge on any atom is -0.343 e. The van der Waals surface area contributed by atoms with Crippen molar-refractivity contribution in [1.29, 1.82) is 0 Å². The van der Waals surface area contributed by atoms with Gasteiger partial charge < -0.3 is 5.32 Å². The second-order valence-corrected chi connectivity index (χ2v) is 7.26. The van der Waals surface area contributed by atoms with Crippen LogP contribution in [0.3, 0.4) is 0 Å². The van der Waals surface area contributed by atoms with Crippen LogP contribution in [0.2, 0.25) is 0 Å². The maximum Gasteiger partial charge on any atom is 0.234 e. The van der Waals surface area contributed by atoms with Crippen LogP contribution in [0.15, 0.2) is 47.8 Å². The third-order valence-corrected chi connectivity index (χ3v) is 5.54. The average molecular weight is 328 g/mol. The summed E-state index contributed by atoms with van der Waals surface area (Å²) in [5, 5.41) is 5.28. The highest BCUT2D eigenvalue weighted by atomic mass is 32.1. The van der Waals surface area contributed by atoms with Gasteiger partial charge in [-0.15, -0.1) is 11.3 Å². The highest BCUT2D eigenvalue weighted by Gasteiger charge is 2.23. The first kappa shape index (κ1) is 16.2. The van der Waals surface area contributed by atoms with E-state index in [-0.39, 0.29) is 11.9 Å². The minimum atomic E-state index is -0.0549. The van der Waals surface area contributed by atoms with Gasteiger partial charge in [0.15, 0.2) is 0 Å². The van der Waals surface area contributed by atoms with Crippen LogP contribution in [-0.2, 0) is 4.79 Å². The molecular weight excluding hydrogens is 304 g/mol. The fraction of sp³-hybridized carbons (Fsp3) is 0.421. The Hall–Kier alpha value is -1.65. The lowest BCUT2D eigenvalue weighted by atomic mass is 10.1. The molecule has 4 heteroatoms. The average Bonchev–Trinajstić information content (AvgIpc) is 3.26. The van der Waals surface area contributed by atoms with Crippen molar-refractivity contribution in [2.75, 3.05) is 13.6 Å². The van der Waals surface area contributed by atoms with E-state index in [9.17, 15) is 4.79 Å². The highest BCUT2D eigenvalue weighted by molar-refractivity contribution is 7.10. The van der Waals surface area contributed by atoms with Gasteiger partial charge >= 0.3 is 0 Å². The molecule has 1 N–H and O–H groups in total. The topological polar surface area (TPSA) is 32.3 Å². The van der Waals surface area contributed by atoms with Crippen molar-refractivity contribution in [2.24, 2.45) is 0 Å². The lowest BCUT2D eigenvalue weighted by molar-refractivity contribution is -0.122. The standard InChI is InChI=1S/C19H24N2OS/c1-21(16-10-5-6-11-16)14-18(22)20-19(17-12-7-13-23-17)15-8-3-2-4-9-15/h2-4,7-9,12-13,16,19H,5-6,10-11,14H2,1H3,(H,20,22)/t19-/m0/s1. The molecule has 1 aliphatic carbocycles. The first-order valence-electron chi connectivity index (χ1n) is 8.32. The van der Waals surface area contributed by atoms with E-state index in [0.717, 1.165) is 5.56 Å². The van der Waals surface area contributed by atoms with Gasteiger partial charge in [-0.2, -0.15) is 0 Å². The predicted octanol–water partition coefficient (Wildman–Crippen LogP) is 3.83. The van der Waals surface area contributed by atoms with Gasteiger partial charge in [0.1, 0.15) is 0 Å². The molecule has 122 valence electrons. The molecule has 3 rings (SSSR count). The van der Waals surface area contributed by atoms with E-state index in [1.807, 2.05) is 24.3 Å². The lowest BCUT2D eigenvalue weighted by Gasteiger charge is -2.25.